The van der Waals surface area contributed by atoms with Gasteiger partial charge in [-0.3, -0.25) is 19.7 Å². The zero-order valence-electron chi connectivity index (χ0n) is 14.9. The van der Waals surface area contributed by atoms with Crippen LogP contribution in [0.25, 0.3) is 11.4 Å². The average Bonchev–Trinajstić information content (AvgIpc) is 3.36. The number of nitrogens with one attached hydrogen (secondary N) is 2. The topological polar surface area (TPSA) is 115 Å². The smallest absolute Gasteiger partial charge is 0.321 e. The van der Waals surface area contributed by atoms with Gasteiger partial charge >= 0.3 is 6.03 Å². The number of nitrogens with zero attached hydrogens (tertiary/aromatic N) is 4. The van der Waals surface area contributed by atoms with Crippen LogP contribution >= 0.6 is 11.8 Å². The summed E-state index contributed by atoms with van der Waals surface area (Å²) in [7, 11) is 0. The van der Waals surface area contributed by atoms with Gasteiger partial charge in [-0.05, 0) is 24.3 Å². The number of pyridine rings is 1. The Labute approximate surface area is 165 Å². The molecule has 28 heavy (non-hydrogen) atoms. The second kappa shape index (κ2) is 9.51. The Morgan fingerprint density at radius 2 is 2.07 bits per heavy atom. The molecule has 0 fully saturated rings. The molecule has 3 heterocycles. The summed E-state index contributed by atoms with van der Waals surface area (Å²) in [6.07, 6.45) is 6.57. The molecule has 0 radical (unpaired) electrons. The summed E-state index contributed by atoms with van der Waals surface area (Å²) in [4.78, 5) is 27.8. The van der Waals surface area contributed by atoms with Crippen LogP contribution < -0.4 is 10.6 Å². The second-order valence-electron chi connectivity index (χ2n) is 5.54. The molecule has 0 saturated carbocycles. The fraction of sp³-hybridized carbons (Fsp3) is 0.167. The lowest BCUT2D eigenvalue weighted by Gasteiger charge is -2.08. The van der Waals surface area contributed by atoms with Gasteiger partial charge in [0, 0.05) is 24.5 Å². The zero-order chi connectivity index (χ0) is 19.8. The van der Waals surface area contributed by atoms with Gasteiger partial charge in [0.25, 0.3) is 0 Å². The predicted molar refractivity (Wildman–Crippen MR) is 103 cm³/mol. The molecular formula is C18H18N6O3S. The first kappa shape index (κ1) is 19.4. The van der Waals surface area contributed by atoms with Crippen molar-refractivity contribution in [3.63, 3.8) is 0 Å². The molecule has 9 nitrogen and oxygen atoms in total. The fourth-order valence-electron chi connectivity index (χ4n) is 2.32. The number of carbonyl (C=O) groups excluding carboxylic acids is 2. The van der Waals surface area contributed by atoms with E-state index in [0.29, 0.717) is 23.3 Å². The summed E-state index contributed by atoms with van der Waals surface area (Å²) in [5.74, 6) is 0.819. The van der Waals surface area contributed by atoms with Crippen molar-refractivity contribution < 1.29 is 14.0 Å². The van der Waals surface area contributed by atoms with Crippen molar-refractivity contribution in [3.05, 3.63) is 61.3 Å². The third-order valence-electron chi connectivity index (χ3n) is 3.56. The van der Waals surface area contributed by atoms with Gasteiger partial charge in [0.15, 0.2) is 11.0 Å². The molecule has 0 aliphatic carbocycles. The minimum absolute atomic E-state index is 0.0137. The minimum Gasteiger partial charge on any atom is -0.467 e. The van der Waals surface area contributed by atoms with Crippen LogP contribution in [0.5, 0.6) is 0 Å². The quantitative estimate of drug-likeness (QED) is 0.442. The van der Waals surface area contributed by atoms with Crippen molar-refractivity contribution in [2.45, 2.75) is 18.2 Å². The molecule has 3 aromatic rings. The van der Waals surface area contributed by atoms with E-state index in [2.05, 4.69) is 32.4 Å². The van der Waals surface area contributed by atoms with Gasteiger partial charge in [-0.1, -0.05) is 17.8 Å². The summed E-state index contributed by atoms with van der Waals surface area (Å²) < 4.78 is 6.95. The van der Waals surface area contributed by atoms with E-state index < -0.39 is 11.9 Å². The number of imide groups is 1. The van der Waals surface area contributed by atoms with E-state index in [4.69, 9.17) is 4.42 Å². The van der Waals surface area contributed by atoms with E-state index in [1.54, 1.807) is 30.6 Å². The molecule has 10 heteroatoms. The lowest BCUT2D eigenvalue weighted by molar-refractivity contribution is -0.117. The Kier molecular flexibility index (Phi) is 6.58. The standard InChI is InChI=1S/C18H18N6O3S/c1-2-9-24-16(13-5-7-19-8-6-13)22-23-18(24)28-12-15(25)21-17(26)20-11-14-4-3-10-27-14/h2-8,10H,1,9,11-12H2,(H2,20,21,25,26). The van der Waals surface area contributed by atoms with Gasteiger partial charge in [0.2, 0.25) is 5.91 Å². The Balaban J connectivity index is 1.56. The molecule has 0 saturated heterocycles. The molecule has 0 aliphatic rings. The van der Waals surface area contributed by atoms with Gasteiger partial charge in [-0.15, -0.1) is 16.8 Å². The third-order valence-corrected chi connectivity index (χ3v) is 4.52. The van der Waals surface area contributed by atoms with Crippen LogP contribution in [0.15, 0.2) is 65.2 Å². The molecule has 3 aromatic heterocycles. The number of allylic oxidation sites excluding steroid dienone is 1. The SMILES string of the molecule is C=CCn1c(SCC(=O)NC(=O)NCc2ccco2)nnc1-c1ccncc1. The Morgan fingerprint density at radius 1 is 1.25 bits per heavy atom. The lowest BCUT2D eigenvalue weighted by atomic mass is 10.2. The van der Waals surface area contributed by atoms with Crippen molar-refractivity contribution >= 4 is 23.7 Å². The molecule has 3 amide bonds. The summed E-state index contributed by atoms with van der Waals surface area (Å²) in [5, 5.41) is 13.7. The second-order valence-corrected chi connectivity index (χ2v) is 6.48. The highest BCUT2D eigenvalue weighted by Crippen LogP contribution is 2.23. The van der Waals surface area contributed by atoms with Gasteiger partial charge < -0.3 is 9.73 Å². The molecule has 0 spiro atoms. The number of furan rings is 1. The Hall–Kier alpha value is -3.40. The van der Waals surface area contributed by atoms with Gasteiger partial charge in [-0.2, -0.15) is 0 Å². The normalized spacial score (nSPS) is 10.4. The number of urea groups is 1. The highest BCUT2D eigenvalue weighted by molar-refractivity contribution is 7.99. The van der Waals surface area contributed by atoms with Crippen molar-refractivity contribution in [1.82, 2.24) is 30.4 Å². The molecule has 2 N–H and O–H groups in total. The average molecular weight is 398 g/mol. The van der Waals surface area contributed by atoms with Crippen LogP contribution in [-0.4, -0.2) is 37.4 Å². The number of thioether (sulfide) groups is 1. The monoisotopic (exact) mass is 398 g/mol. The zero-order valence-corrected chi connectivity index (χ0v) is 15.7. The Bertz CT molecular complexity index is 940. The van der Waals surface area contributed by atoms with Gasteiger partial charge in [-0.25, -0.2) is 4.79 Å². The third kappa shape index (κ3) is 5.07. The number of rotatable bonds is 8. The summed E-state index contributed by atoms with van der Waals surface area (Å²) in [5.41, 5.74) is 0.859. The minimum atomic E-state index is -0.591. The van der Waals surface area contributed by atoms with Gasteiger partial charge in [0.1, 0.15) is 5.76 Å². The molecular weight excluding hydrogens is 380 g/mol. The predicted octanol–water partition coefficient (Wildman–Crippen LogP) is 2.24. The maximum Gasteiger partial charge on any atom is 0.321 e. The summed E-state index contributed by atoms with van der Waals surface area (Å²) in [6.45, 7) is 4.43. The molecule has 0 aliphatic heterocycles. The number of amides is 3. The highest BCUT2D eigenvalue weighted by atomic mass is 32.2. The van der Waals surface area contributed by atoms with Crippen LogP contribution in [0, 0.1) is 0 Å². The van der Waals surface area contributed by atoms with Crippen LogP contribution in [0.1, 0.15) is 5.76 Å². The highest BCUT2D eigenvalue weighted by Gasteiger charge is 2.16. The fourth-order valence-corrected chi connectivity index (χ4v) is 3.07. The maximum atomic E-state index is 12.0. The molecule has 0 aromatic carbocycles. The van der Waals surface area contributed by atoms with Crippen molar-refractivity contribution in [2.75, 3.05) is 5.75 Å². The molecule has 0 bridgehead atoms. The first-order valence-electron chi connectivity index (χ1n) is 8.34. The van der Waals surface area contributed by atoms with E-state index in [1.807, 2.05) is 16.7 Å². The van der Waals surface area contributed by atoms with E-state index in [9.17, 15) is 9.59 Å². The Morgan fingerprint density at radius 3 is 2.79 bits per heavy atom. The number of hydrogen-bond acceptors (Lipinski definition) is 7. The van der Waals surface area contributed by atoms with Gasteiger partial charge in [0.05, 0.1) is 18.6 Å². The summed E-state index contributed by atoms with van der Waals surface area (Å²) >= 11 is 1.18. The van der Waals surface area contributed by atoms with E-state index in [0.717, 1.165) is 5.56 Å². The van der Waals surface area contributed by atoms with Crippen molar-refractivity contribution in [1.29, 1.82) is 0 Å². The van der Waals surface area contributed by atoms with Crippen LogP contribution in [-0.2, 0) is 17.9 Å². The molecule has 0 unspecified atom stereocenters. The molecule has 3 rings (SSSR count). The maximum absolute atomic E-state index is 12.0. The van der Waals surface area contributed by atoms with E-state index in [-0.39, 0.29) is 12.3 Å². The van der Waals surface area contributed by atoms with Crippen LogP contribution in [0.2, 0.25) is 0 Å². The van der Waals surface area contributed by atoms with Crippen molar-refractivity contribution in [2.24, 2.45) is 0 Å². The number of hydrogen-bond donors (Lipinski definition) is 2. The lowest BCUT2D eigenvalue weighted by Crippen LogP contribution is -2.39. The molecule has 144 valence electrons. The van der Waals surface area contributed by atoms with E-state index >= 15 is 0 Å². The van der Waals surface area contributed by atoms with Crippen LogP contribution in [0.4, 0.5) is 4.79 Å². The van der Waals surface area contributed by atoms with E-state index in [1.165, 1.54) is 18.0 Å². The first-order chi connectivity index (χ1) is 13.7. The number of aromatic nitrogens is 4. The first-order valence-corrected chi connectivity index (χ1v) is 9.33. The summed E-state index contributed by atoms with van der Waals surface area (Å²) in [6, 6.07) is 6.51. The van der Waals surface area contributed by atoms with Crippen molar-refractivity contribution in [3.8, 4) is 11.4 Å². The van der Waals surface area contributed by atoms with Crippen LogP contribution in [0.3, 0.4) is 0 Å². The largest absolute Gasteiger partial charge is 0.467 e. The molecule has 0 atom stereocenters. The number of carbonyl (C=O) groups is 2.